The summed E-state index contributed by atoms with van der Waals surface area (Å²) >= 11 is 1.19. The third-order valence-electron chi connectivity index (χ3n) is 2.21. The first kappa shape index (κ1) is 12.0. The summed E-state index contributed by atoms with van der Waals surface area (Å²) < 4.78 is 15.3. The third kappa shape index (κ3) is 2.80. The van der Waals surface area contributed by atoms with Gasteiger partial charge in [0.1, 0.15) is 5.82 Å². The van der Waals surface area contributed by atoms with E-state index in [2.05, 4.69) is 15.5 Å². The van der Waals surface area contributed by atoms with E-state index in [4.69, 9.17) is 5.73 Å². The molecule has 0 bridgehead atoms. The first-order valence-corrected chi connectivity index (χ1v) is 5.91. The Balaban J connectivity index is 2.19. The van der Waals surface area contributed by atoms with Gasteiger partial charge in [-0.3, -0.25) is 0 Å². The summed E-state index contributed by atoms with van der Waals surface area (Å²) in [6.07, 6.45) is 0.674. The Hall–Kier alpha value is -1.47. The van der Waals surface area contributed by atoms with Crippen LogP contribution in [0.3, 0.4) is 0 Å². The summed E-state index contributed by atoms with van der Waals surface area (Å²) in [4.78, 5) is 0.503. The molecule has 1 aromatic carbocycles. The SMILES string of the molecule is Cn1nnnc1Sc1ccc(CCN)cc1F. The Morgan fingerprint density at radius 2 is 2.29 bits per heavy atom. The highest BCUT2D eigenvalue weighted by molar-refractivity contribution is 7.99. The summed E-state index contributed by atoms with van der Waals surface area (Å²) in [6, 6.07) is 5.08. The Morgan fingerprint density at radius 1 is 1.47 bits per heavy atom. The molecule has 0 aliphatic heterocycles. The Morgan fingerprint density at radius 3 is 2.88 bits per heavy atom. The number of hydrogen-bond acceptors (Lipinski definition) is 5. The van der Waals surface area contributed by atoms with Gasteiger partial charge in [-0.25, -0.2) is 9.07 Å². The van der Waals surface area contributed by atoms with E-state index in [0.29, 0.717) is 23.0 Å². The summed E-state index contributed by atoms with van der Waals surface area (Å²) in [7, 11) is 1.71. The van der Waals surface area contributed by atoms with Gasteiger partial charge < -0.3 is 5.73 Å². The van der Waals surface area contributed by atoms with Crippen LogP contribution in [0.15, 0.2) is 28.3 Å². The van der Waals surface area contributed by atoms with E-state index >= 15 is 0 Å². The second-order valence-corrected chi connectivity index (χ2v) is 4.50. The minimum Gasteiger partial charge on any atom is -0.330 e. The number of hydrogen-bond donors (Lipinski definition) is 1. The molecule has 1 heterocycles. The lowest BCUT2D eigenvalue weighted by Crippen LogP contribution is -2.03. The minimum atomic E-state index is -0.274. The monoisotopic (exact) mass is 253 g/mol. The molecule has 0 aliphatic carbocycles. The first-order chi connectivity index (χ1) is 8.20. The van der Waals surface area contributed by atoms with Gasteiger partial charge in [0.2, 0.25) is 5.16 Å². The van der Waals surface area contributed by atoms with Crippen molar-refractivity contribution in [2.75, 3.05) is 6.54 Å². The van der Waals surface area contributed by atoms with Crippen molar-refractivity contribution in [3.63, 3.8) is 0 Å². The van der Waals surface area contributed by atoms with Gasteiger partial charge in [-0.05, 0) is 52.9 Å². The number of aromatic nitrogens is 4. The van der Waals surface area contributed by atoms with Crippen molar-refractivity contribution in [3.05, 3.63) is 29.6 Å². The van der Waals surface area contributed by atoms with Crippen LogP contribution >= 0.6 is 11.8 Å². The molecule has 5 nitrogen and oxygen atoms in total. The molecule has 2 aromatic rings. The number of halogens is 1. The van der Waals surface area contributed by atoms with Crippen LogP contribution in [0.25, 0.3) is 0 Å². The van der Waals surface area contributed by atoms with Gasteiger partial charge >= 0.3 is 0 Å². The lowest BCUT2D eigenvalue weighted by molar-refractivity contribution is 0.598. The van der Waals surface area contributed by atoms with Gasteiger partial charge in [0.05, 0.1) is 4.90 Å². The summed E-state index contributed by atoms with van der Waals surface area (Å²) in [5.74, 6) is -0.274. The van der Waals surface area contributed by atoms with E-state index in [1.54, 1.807) is 13.1 Å². The molecule has 2 rings (SSSR count). The molecule has 0 fully saturated rings. The third-order valence-corrected chi connectivity index (χ3v) is 3.29. The lowest BCUT2D eigenvalue weighted by atomic mass is 10.1. The van der Waals surface area contributed by atoms with Crippen molar-refractivity contribution in [2.45, 2.75) is 16.5 Å². The van der Waals surface area contributed by atoms with Gasteiger partial charge in [-0.15, -0.1) is 5.10 Å². The van der Waals surface area contributed by atoms with Crippen LogP contribution in [-0.4, -0.2) is 26.8 Å². The number of tetrazole rings is 1. The van der Waals surface area contributed by atoms with E-state index in [1.807, 2.05) is 6.07 Å². The standard InChI is InChI=1S/C10H12FN5S/c1-16-10(13-14-15-16)17-9-3-2-7(4-5-12)6-8(9)11/h2-3,6H,4-5,12H2,1H3. The van der Waals surface area contributed by atoms with Crippen LogP contribution in [-0.2, 0) is 13.5 Å². The number of nitrogens with two attached hydrogens (primary N) is 1. The molecule has 0 amide bonds. The molecule has 0 aliphatic rings. The molecular weight excluding hydrogens is 241 g/mol. The average Bonchev–Trinajstić information content (AvgIpc) is 2.69. The van der Waals surface area contributed by atoms with Crippen LogP contribution in [0, 0.1) is 5.82 Å². The molecular formula is C10H12FN5S. The highest BCUT2D eigenvalue weighted by Gasteiger charge is 2.09. The number of rotatable bonds is 4. The van der Waals surface area contributed by atoms with Gasteiger partial charge in [-0.1, -0.05) is 6.07 Å². The number of aryl methyl sites for hydroxylation is 1. The maximum Gasteiger partial charge on any atom is 0.213 e. The molecule has 0 unspecified atom stereocenters. The topological polar surface area (TPSA) is 69.6 Å². The maximum atomic E-state index is 13.8. The van der Waals surface area contributed by atoms with Gasteiger partial charge in [0, 0.05) is 7.05 Å². The molecule has 1 aromatic heterocycles. The summed E-state index contributed by atoms with van der Waals surface area (Å²) in [5.41, 5.74) is 6.31. The van der Waals surface area contributed by atoms with Gasteiger partial charge in [-0.2, -0.15) is 0 Å². The highest BCUT2D eigenvalue weighted by atomic mass is 32.2. The molecule has 0 saturated carbocycles. The molecule has 0 radical (unpaired) electrons. The lowest BCUT2D eigenvalue weighted by Gasteiger charge is -2.04. The Kier molecular flexibility index (Phi) is 3.70. The fourth-order valence-electron chi connectivity index (χ4n) is 1.36. The van der Waals surface area contributed by atoms with Crippen molar-refractivity contribution >= 4 is 11.8 Å². The van der Waals surface area contributed by atoms with Crippen LogP contribution in [0.4, 0.5) is 4.39 Å². The molecule has 0 spiro atoms. The summed E-state index contributed by atoms with van der Waals surface area (Å²) in [5, 5.41) is 11.5. The zero-order valence-electron chi connectivity index (χ0n) is 9.30. The molecule has 17 heavy (non-hydrogen) atoms. The molecule has 90 valence electrons. The van der Waals surface area contributed by atoms with Crippen LogP contribution in [0.5, 0.6) is 0 Å². The van der Waals surface area contributed by atoms with Crippen molar-refractivity contribution in [2.24, 2.45) is 12.8 Å². The zero-order chi connectivity index (χ0) is 12.3. The Bertz CT molecular complexity index is 513. The van der Waals surface area contributed by atoms with Crippen molar-refractivity contribution in [1.82, 2.24) is 20.2 Å². The fourth-order valence-corrected chi connectivity index (χ4v) is 2.09. The van der Waals surface area contributed by atoms with E-state index < -0.39 is 0 Å². The first-order valence-electron chi connectivity index (χ1n) is 5.09. The minimum absolute atomic E-state index is 0.274. The van der Waals surface area contributed by atoms with Gasteiger partial charge in [0.15, 0.2) is 0 Å². The van der Waals surface area contributed by atoms with E-state index in [-0.39, 0.29) is 5.82 Å². The van der Waals surface area contributed by atoms with Crippen molar-refractivity contribution < 1.29 is 4.39 Å². The maximum absolute atomic E-state index is 13.8. The second kappa shape index (κ2) is 5.24. The predicted octanol–water partition coefficient (Wildman–Crippen LogP) is 1.00. The van der Waals surface area contributed by atoms with Gasteiger partial charge in [0.25, 0.3) is 0 Å². The Labute approximate surface area is 102 Å². The zero-order valence-corrected chi connectivity index (χ0v) is 10.1. The average molecular weight is 253 g/mol. The number of nitrogens with zero attached hydrogens (tertiary/aromatic N) is 4. The number of benzene rings is 1. The highest BCUT2D eigenvalue weighted by Crippen LogP contribution is 2.27. The fraction of sp³-hybridized carbons (Fsp3) is 0.300. The van der Waals surface area contributed by atoms with Crippen molar-refractivity contribution in [1.29, 1.82) is 0 Å². The molecule has 0 atom stereocenters. The van der Waals surface area contributed by atoms with Crippen LogP contribution in [0.1, 0.15) is 5.56 Å². The smallest absolute Gasteiger partial charge is 0.213 e. The van der Waals surface area contributed by atoms with E-state index in [9.17, 15) is 4.39 Å². The van der Waals surface area contributed by atoms with Crippen LogP contribution < -0.4 is 5.73 Å². The largest absolute Gasteiger partial charge is 0.330 e. The van der Waals surface area contributed by atoms with Crippen LogP contribution in [0.2, 0.25) is 0 Å². The quantitative estimate of drug-likeness (QED) is 0.880. The molecule has 2 N–H and O–H groups in total. The summed E-state index contributed by atoms with van der Waals surface area (Å²) in [6.45, 7) is 0.513. The predicted molar refractivity (Wildman–Crippen MR) is 62.1 cm³/mol. The van der Waals surface area contributed by atoms with E-state index in [1.165, 1.54) is 22.5 Å². The van der Waals surface area contributed by atoms with E-state index in [0.717, 1.165) is 5.56 Å². The molecule has 0 saturated heterocycles. The van der Waals surface area contributed by atoms with Crippen molar-refractivity contribution in [3.8, 4) is 0 Å². The second-order valence-electron chi connectivity index (χ2n) is 3.49. The normalized spacial score (nSPS) is 10.8. The molecule has 7 heteroatoms.